The van der Waals surface area contributed by atoms with E-state index in [2.05, 4.69) is 13.8 Å². The van der Waals surface area contributed by atoms with E-state index in [-0.39, 0.29) is 17.1 Å². The van der Waals surface area contributed by atoms with E-state index in [1.54, 1.807) is 21.3 Å². The summed E-state index contributed by atoms with van der Waals surface area (Å²) < 4.78 is 28.3. The van der Waals surface area contributed by atoms with E-state index in [9.17, 15) is 0 Å². The quantitative estimate of drug-likeness (QED) is 0.546. The molecular weight excluding hydrogens is 288 g/mol. The van der Waals surface area contributed by atoms with Gasteiger partial charge in [0.2, 0.25) is 0 Å². The van der Waals surface area contributed by atoms with Crippen LogP contribution in [0.1, 0.15) is 33.6 Å². The molecule has 21 heavy (non-hydrogen) atoms. The van der Waals surface area contributed by atoms with Crippen molar-refractivity contribution in [1.29, 1.82) is 0 Å². The summed E-state index contributed by atoms with van der Waals surface area (Å²) in [5, 5.41) is 0. The summed E-state index contributed by atoms with van der Waals surface area (Å²) in [5.74, 6) is 0. The molecule has 1 aliphatic heterocycles. The lowest BCUT2D eigenvalue weighted by molar-refractivity contribution is -0.235. The van der Waals surface area contributed by atoms with E-state index in [4.69, 9.17) is 23.1 Å². The van der Waals surface area contributed by atoms with Crippen LogP contribution < -0.4 is 0 Å². The molecule has 0 spiro atoms. The van der Waals surface area contributed by atoms with E-state index in [0.717, 1.165) is 32.1 Å². The second kappa shape index (κ2) is 8.60. The number of hydrogen-bond donors (Lipinski definition) is 0. The fourth-order valence-electron chi connectivity index (χ4n) is 3.28. The minimum Gasteiger partial charge on any atom is -0.400 e. The summed E-state index contributed by atoms with van der Waals surface area (Å²) >= 11 is 0. The Morgan fingerprint density at radius 2 is 1.81 bits per heavy atom. The first-order valence-corrected chi connectivity index (χ1v) is 9.56. The largest absolute Gasteiger partial charge is 0.400 e. The summed E-state index contributed by atoms with van der Waals surface area (Å²) in [6.45, 7) is 8.64. The van der Waals surface area contributed by atoms with Gasteiger partial charge in [-0.2, -0.15) is 0 Å². The van der Waals surface area contributed by atoms with Crippen LogP contribution in [0.5, 0.6) is 0 Å². The highest BCUT2D eigenvalue weighted by molar-refractivity contribution is 6.44. The molecular formula is C15H32O5Si. The number of rotatable bonds is 11. The third kappa shape index (κ3) is 4.27. The van der Waals surface area contributed by atoms with Crippen LogP contribution in [0, 0.1) is 5.41 Å². The number of hydrogen-bond acceptors (Lipinski definition) is 5. The molecule has 0 saturated carbocycles. The first-order valence-electron chi connectivity index (χ1n) is 7.81. The maximum atomic E-state index is 5.99. The van der Waals surface area contributed by atoms with Crippen molar-refractivity contribution in [2.45, 2.75) is 51.4 Å². The summed E-state index contributed by atoms with van der Waals surface area (Å²) in [5.41, 5.74) is -0.158. The van der Waals surface area contributed by atoms with Crippen LogP contribution in [-0.4, -0.2) is 62.1 Å². The smallest absolute Gasteiger partial charge is 0.323 e. The van der Waals surface area contributed by atoms with Gasteiger partial charge < -0.3 is 23.1 Å². The molecule has 1 saturated heterocycles. The van der Waals surface area contributed by atoms with Crippen molar-refractivity contribution in [3.8, 4) is 0 Å². The fourth-order valence-corrected chi connectivity index (χ4v) is 4.59. The highest BCUT2D eigenvalue weighted by Crippen LogP contribution is 2.46. The summed E-state index contributed by atoms with van der Waals surface area (Å²) in [6, 6.07) is 0.836. The Bertz CT molecular complexity index is 288. The molecule has 126 valence electrons. The molecule has 1 heterocycles. The van der Waals surface area contributed by atoms with Crippen molar-refractivity contribution in [2.75, 3.05) is 41.2 Å². The van der Waals surface area contributed by atoms with Crippen molar-refractivity contribution in [3.05, 3.63) is 0 Å². The number of methoxy groups -OCH3 is 1. The summed E-state index contributed by atoms with van der Waals surface area (Å²) in [4.78, 5) is 0. The van der Waals surface area contributed by atoms with E-state index in [0.29, 0.717) is 6.61 Å². The van der Waals surface area contributed by atoms with Gasteiger partial charge in [0.05, 0.1) is 24.9 Å². The van der Waals surface area contributed by atoms with Crippen LogP contribution in [-0.2, 0) is 23.1 Å². The molecule has 0 amide bonds. The van der Waals surface area contributed by atoms with Gasteiger partial charge in [0.15, 0.2) is 0 Å². The molecule has 6 heteroatoms. The second-order valence-electron chi connectivity index (χ2n) is 6.02. The monoisotopic (exact) mass is 320 g/mol. The van der Waals surface area contributed by atoms with Crippen molar-refractivity contribution in [3.63, 3.8) is 0 Å². The molecule has 1 aliphatic rings. The zero-order valence-corrected chi connectivity index (χ0v) is 15.6. The first kappa shape index (κ1) is 19.1. The maximum Gasteiger partial charge on any atom is 0.323 e. The second-order valence-corrected chi connectivity index (χ2v) is 8.30. The zero-order chi connectivity index (χ0) is 15.9. The molecule has 2 atom stereocenters. The third-order valence-electron chi connectivity index (χ3n) is 4.84. The summed E-state index contributed by atoms with van der Waals surface area (Å²) in [7, 11) is 3.59. The minimum absolute atomic E-state index is 0.0586. The Morgan fingerprint density at radius 1 is 1.19 bits per heavy atom. The molecule has 1 fully saturated rings. The van der Waals surface area contributed by atoms with Crippen molar-refractivity contribution in [2.24, 2.45) is 5.41 Å². The molecule has 0 aromatic carbocycles. The van der Waals surface area contributed by atoms with Gasteiger partial charge in [-0.1, -0.05) is 13.8 Å². The highest BCUT2D eigenvalue weighted by Gasteiger charge is 2.53. The van der Waals surface area contributed by atoms with Crippen LogP contribution in [0.15, 0.2) is 0 Å². The van der Waals surface area contributed by atoms with Gasteiger partial charge >= 0.3 is 9.28 Å². The minimum atomic E-state index is -1.65. The Labute approximate surface area is 131 Å². The summed E-state index contributed by atoms with van der Waals surface area (Å²) in [6.07, 6.45) is 1.90. The predicted octanol–water partition coefficient (Wildman–Crippen LogP) is 2.13. The first-order chi connectivity index (χ1) is 10.0. The van der Waals surface area contributed by atoms with E-state index in [1.165, 1.54) is 0 Å². The van der Waals surface area contributed by atoms with Crippen LogP contribution in [0.3, 0.4) is 0 Å². The Kier molecular flexibility index (Phi) is 7.81. The predicted molar refractivity (Wildman–Crippen MR) is 85.0 cm³/mol. The zero-order valence-electron chi connectivity index (χ0n) is 14.4. The van der Waals surface area contributed by atoms with Gasteiger partial charge in [-0.25, -0.2) is 0 Å². The van der Waals surface area contributed by atoms with E-state index < -0.39 is 9.28 Å². The highest BCUT2D eigenvalue weighted by atomic mass is 28.3. The molecule has 0 N–H and O–H groups in total. The van der Waals surface area contributed by atoms with Gasteiger partial charge in [-0.3, -0.25) is 0 Å². The standard InChI is InChI=1S/C15H32O5Si/c1-7-15(16-4,14(3)11-19-12-14)9-13(20-8-2)10-21(17-5)18-6/h13,21H,7-12H2,1-6H3. The van der Waals surface area contributed by atoms with Gasteiger partial charge in [-0.15, -0.1) is 0 Å². The molecule has 1 rings (SSSR count). The molecule has 0 bridgehead atoms. The van der Waals surface area contributed by atoms with Crippen LogP contribution >= 0.6 is 0 Å². The lowest BCUT2D eigenvalue weighted by Gasteiger charge is -2.53. The van der Waals surface area contributed by atoms with Crippen LogP contribution in [0.4, 0.5) is 0 Å². The van der Waals surface area contributed by atoms with Gasteiger partial charge in [0.1, 0.15) is 0 Å². The normalized spacial score (nSPS) is 21.9. The van der Waals surface area contributed by atoms with Crippen molar-refractivity contribution in [1.82, 2.24) is 0 Å². The third-order valence-corrected chi connectivity index (χ3v) is 6.81. The molecule has 0 aromatic rings. The van der Waals surface area contributed by atoms with Gasteiger partial charge in [-0.05, 0) is 13.3 Å². The Morgan fingerprint density at radius 3 is 2.14 bits per heavy atom. The molecule has 0 aliphatic carbocycles. The molecule has 0 radical (unpaired) electrons. The molecule has 5 nitrogen and oxygen atoms in total. The topological polar surface area (TPSA) is 46.2 Å². The Balaban J connectivity index is 2.81. The maximum absolute atomic E-state index is 5.99. The van der Waals surface area contributed by atoms with Crippen LogP contribution in [0.25, 0.3) is 0 Å². The van der Waals surface area contributed by atoms with Gasteiger partial charge in [0, 0.05) is 45.8 Å². The SMILES string of the molecule is CCOC(C[SiH](OC)OC)CC(CC)(OC)C1(C)COC1. The average Bonchev–Trinajstić information content (AvgIpc) is 2.47. The van der Waals surface area contributed by atoms with Crippen molar-refractivity contribution < 1.29 is 23.1 Å². The lowest BCUT2D eigenvalue weighted by Crippen LogP contribution is -2.60. The molecule has 2 unspecified atom stereocenters. The van der Waals surface area contributed by atoms with Crippen molar-refractivity contribution >= 4 is 9.28 Å². The molecule has 0 aromatic heterocycles. The number of ether oxygens (including phenoxy) is 3. The average molecular weight is 321 g/mol. The fraction of sp³-hybridized carbons (Fsp3) is 1.00. The van der Waals surface area contributed by atoms with E-state index in [1.807, 2.05) is 6.92 Å². The Hall–Kier alpha value is 0.0169. The van der Waals surface area contributed by atoms with Crippen LogP contribution in [0.2, 0.25) is 6.04 Å². The van der Waals surface area contributed by atoms with E-state index >= 15 is 0 Å². The van der Waals surface area contributed by atoms with Gasteiger partial charge in [0.25, 0.3) is 0 Å². The lowest BCUT2D eigenvalue weighted by atomic mass is 9.67.